The third-order valence-electron chi connectivity index (χ3n) is 3.50. The quantitative estimate of drug-likeness (QED) is 0.698. The second kappa shape index (κ2) is 7.70. The lowest BCUT2D eigenvalue weighted by Gasteiger charge is -2.21. The number of carbonyl (C=O) groups is 1. The topological polar surface area (TPSA) is 61.4 Å². The van der Waals surface area contributed by atoms with E-state index in [4.69, 9.17) is 5.11 Å². The van der Waals surface area contributed by atoms with Crippen molar-refractivity contribution in [1.82, 2.24) is 10.6 Å². The Balaban J connectivity index is 1.91. The molecule has 0 aromatic heterocycles. The van der Waals surface area contributed by atoms with Crippen LogP contribution in [0.1, 0.15) is 37.3 Å². The highest BCUT2D eigenvalue weighted by molar-refractivity contribution is 5.74. The molecule has 108 valence electrons. The van der Waals surface area contributed by atoms with Gasteiger partial charge in [0.25, 0.3) is 0 Å². The maximum absolute atomic E-state index is 12.0. The SMILES string of the molecule is O=C(NC1CC=CC1)NC(CCCO)c1ccccc1. The molecule has 1 unspecified atom stereocenters. The Morgan fingerprint density at radius 2 is 1.95 bits per heavy atom. The maximum atomic E-state index is 12.0. The zero-order valence-electron chi connectivity index (χ0n) is 11.6. The van der Waals surface area contributed by atoms with Gasteiger partial charge < -0.3 is 15.7 Å². The standard InChI is InChI=1S/C16H22N2O2/c19-12-6-11-15(13-7-2-1-3-8-13)18-16(20)17-14-9-4-5-10-14/h1-5,7-8,14-15,19H,6,9-12H2,(H2,17,18,20). The van der Waals surface area contributed by atoms with Crippen LogP contribution in [-0.4, -0.2) is 23.8 Å². The van der Waals surface area contributed by atoms with Gasteiger partial charge in [-0.1, -0.05) is 42.5 Å². The van der Waals surface area contributed by atoms with Crippen molar-refractivity contribution in [2.24, 2.45) is 0 Å². The van der Waals surface area contributed by atoms with Crippen molar-refractivity contribution in [2.75, 3.05) is 6.61 Å². The Morgan fingerprint density at radius 1 is 1.25 bits per heavy atom. The second-order valence-electron chi connectivity index (χ2n) is 5.09. The van der Waals surface area contributed by atoms with Crippen molar-refractivity contribution in [3.63, 3.8) is 0 Å². The predicted octanol–water partition coefficient (Wildman–Crippen LogP) is 2.52. The highest BCUT2D eigenvalue weighted by atomic mass is 16.3. The molecule has 2 amide bonds. The van der Waals surface area contributed by atoms with Crippen molar-refractivity contribution < 1.29 is 9.90 Å². The number of carbonyl (C=O) groups excluding carboxylic acids is 1. The van der Waals surface area contributed by atoms with Gasteiger partial charge in [0.05, 0.1) is 6.04 Å². The summed E-state index contributed by atoms with van der Waals surface area (Å²) in [4.78, 5) is 12.0. The smallest absolute Gasteiger partial charge is 0.315 e. The molecular formula is C16H22N2O2. The van der Waals surface area contributed by atoms with Crippen LogP contribution in [0.5, 0.6) is 0 Å². The van der Waals surface area contributed by atoms with Crippen LogP contribution >= 0.6 is 0 Å². The number of hydrogen-bond acceptors (Lipinski definition) is 2. The van der Waals surface area contributed by atoms with E-state index in [2.05, 4.69) is 22.8 Å². The Labute approximate surface area is 119 Å². The lowest BCUT2D eigenvalue weighted by molar-refractivity contribution is 0.230. The zero-order chi connectivity index (χ0) is 14.2. The summed E-state index contributed by atoms with van der Waals surface area (Å²) in [6.07, 6.45) is 7.39. The summed E-state index contributed by atoms with van der Waals surface area (Å²) < 4.78 is 0. The van der Waals surface area contributed by atoms with Crippen LogP contribution < -0.4 is 10.6 Å². The summed E-state index contributed by atoms with van der Waals surface area (Å²) in [5.74, 6) is 0. The molecular weight excluding hydrogens is 252 g/mol. The minimum absolute atomic E-state index is 0.0577. The molecule has 0 spiro atoms. The molecule has 3 N–H and O–H groups in total. The number of aliphatic hydroxyl groups excluding tert-OH is 1. The summed E-state index contributed by atoms with van der Waals surface area (Å²) >= 11 is 0. The van der Waals surface area contributed by atoms with Crippen molar-refractivity contribution in [2.45, 2.75) is 37.8 Å². The zero-order valence-corrected chi connectivity index (χ0v) is 11.6. The second-order valence-corrected chi connectivity index (χ2v) is 5.09. The molecule has 0 heterocycles. The van der Waals surface area contributed by atoms with E-state index < -0.39 is 0 Å². The Morgan fingerprint density at radius 3 is 2.60 bits per heavy atom. The Hall–Kier alpha value is -1.81. The number of benzene rings is 1. The highest BCUT2D eigenvalue weighted by Gasteiger charge is 2.17. The fraction of sp³-hybridized carbons (Fsp3) is 0.438. The summed E-state index contributed by atoms with van der Waals surface area (Å²) in [6, 6.07) is 9.90. The molecule has 0 aliphatic heterocycles. The molecule has 0 bridgehead atoms. The van der Waals surface area contributed by atoms with Crippen LogP contribution in [0.15, 0.2) is 42.5 Å². The average Bonchev–Trinajstić information content (AvgIpc) is 2.97. The third kappa shape index (κ3) is 4.38. The minimum atomic E-state index is -0.134. The van der Waals surface area contributed by atoms with Crippen LogP contribution in [0, 0.1) is 0 Å². The molecule has 1 atom stereocenters. The predicted molar refractivity (Wildman–Crippen MR) is 79.3 cm³/mol. The first kappa shape index (κ1) is 14.6. The van der Waals surface area contributed by atoms with E-state index >= 15 is 0 Å². The van der Waals surface area contributed by atoms with Gasteiger partial charge in [-0.3, -0.25) is 0 Å². The molecule has 4 heteroatoms. The lowest BCUT2D eigenvalue weighted by atomic mass is 10.0. The van der Waals surface area contributed by atoms with Crippen LogP contribution in [0.25, 0.3) is 0 Å². The van der Waals surface area contributed by atoms with Crippen LogP contribution in [0.3, 0.4) is 0 Å². The largest absolute Gasteiger partial charge is 0.396 e. The average molecular weight is 274 g/mol. The number of urea groups is 1. The van der Waals surface area contributed by atoms with Gasteiger partial charge in [0.1, 0.15) is 0 Å². The van der Waals surface area contributed by atoms with E-state index in [0.29, 0.717) is 6.42 Å². The van der Waals surface area contributed by atoms with E-state index in [0.717, 1.165) is 24.8 Å². The lowest BCUT2D eigenvalue weighted by Crippen LogP contribution is -2.42. The monoisotopic (exact) mass is 274 g/mol. The van der Waals surface area contributed by atoms with Crippen molar-refractivity contribution in [3.05, 3.63) is 48.0 Å². The van der Waals surface area contributed by atoms with E-state index in [1.807, 2.05) is 30.3 Å². The van der Waals surface area contributed by atoms with Crippen molar-refractivity contribution >= 4 is 6.03 Å². The van der Waals surface area contributed by atoms with Crippen molar-refractivity contribution in [3.8, 4) is 0 Å². The number of aliphatic hydroxyl groups is 1. The Kier molecular flexibility index (Phi) is 5.62. The molecule has 0 saturated carbocycles. The van der Waals surface area contributed by atoms with E-state index in [1.165, 1.54) is 0 Å². The number of rotatable bonds is 6. The van der Waals surface area contributed by atoms with E-state index in [1.54, 1.807) is 0 Å². The maximum Gasteiger partial charge on any atom is 0.315 e. The van der Waals surface area contributed by atoms with Gasteiger partial charge in [-0.15, -0.1) is 0 Å². The molecule has 2 rings (SSSR count). The summed E-state index contributed by atoms with van der Waals surface area (Å²) in [5, 5.41) is 15.0. The van der Waals surface area contributed by atoms with Crippen molar-refractivity contribution in [1.29, 1.82) is 0 Å². The fourth-order valence-corrected chi connectivity index (χ4v) is 2.42. The first-order valence-electron chi connectivity index (χ1n) is 7.17. The molecule has 1 aromatic rings. The molecule has 0 radical (unpaired) electrons. The first-order valence-corrected chi connectivity index (χ1v) is 7.17. The minimum Gasteiger partial charge on any atom is -0.396 e. The van der Waals surface area contributed by atoms with Crippen LogP contribution in [-0.2, 0) is 0 Å². The van der Waals surface area contributed by atoms with Crippen LogP contribution in [0.4, 0.5) is 4.79 Å². The molecule has 20 heavy (non-hydrogen) atoms. The van der Waals surface area contributed by atoms with Gasteiger partial charge in [-0.25, -0.2) is 4.79 Å². The number of hydrogen-bond donors (Lipinski definition) is 3. The first-order chi connectivity index (χ1) is 9.79. The van der Waals surface area contributed by atoms with Crippen LogP contribution in [0.2, 0.25) is 0 Å². The van der Waals surface area contributed by atoms with Gasteiger partial charge in [0, 0.05) is 12.6 Å². The molecule has 1 aliphatic rings. The molecule has 1 aromatic carbocycles. The number of nitrogens with one attached hydrogen (secondary N) is 2. The third-order valence-corrected chi connectivity index (χ3v) is 3.50. The molecule has 4 nitrogen and oxygen atoms in total. The molecule has 0 saturated heterocycles. The van der Waals surface area contributed by atoms with E-state index in [-0.39, 0.29) is 24.7 Å². The molecule has 0 fully saturated rings. The molecule has 1 aliphatic carbocycles. The van der Waals surface area contributed by atoms with Gasteiger partial charge in [-0.2, -0.15) is 0 Å². The summed E-state index contributed by atoms with van der Waals surface area (Å²) in [7, 11) is 0. The van der Waals surface area contributed by atoms with E-state index in [9.17, 15) is 4.79 Å². The number of amides is 2. The summed E-state index contributed by atoms with van der Waals surface area (Å²) in [5.41, 5.74) is 1.07. The van der Waals surface area contributed by atoms with Gasteiger partial charge in [-0.05, 0) is 31.2 Å². The summed E-state index contributed by atoms with van der Waals surface area (Å²) in [6.45, 7) is 0.138. The van der Waals surface area contributed by atoms with Gasteiger partial charge >= 0.3 is 6.03 Å². The normalized spacial score (nSPS) is 16.1. The van der Waals surface area contributed by atoms with Gasteiger partial charge in [0.2, 0.25) is 0 Å². The fourth-order valence-electron chi connectivity index (χ4n) is 2.42. The Bertz CT molecular complexity index is 437. The highest BCUT2D eigenvalue weighted by Crippen LogP contribution is 2.18. The van der Waals surface area contributed by atoms with Gasteiger partial charge in [0.15, 0.2) is 0 Å².